The van der Waals surface area contributed by atoms with Crippen LogP contribution in [-0.2, 0) is 0 Å². The van der Waals surface area contributed by atoms with Crippen LogP contribution in [0, 0.1) is 6.92 Å². The topological polar surface area (TPSA) is 6.48 Å². The highest BCUT2D eigenvalue weighted by Gasteiger charge is 2.20. The van der Waals surface area contributed by atoms with Gasteiger partial charge in [-0.15, -0.1) is 0 Å². The van der Waals surface area contributed by atoms with E-state index in [-0.39, 0.29) is 0 Å². The average Bonchev–Trinajstić information content (AvgIpc) is 2.33. The van der Waals surface area contributed by atoms with Gasteiger partial charge in [0.25, 0.3) is 0 Å². The summed E-state index contributed by atoms with van der Waals surface area (Å²) in [6, 6.07) is 6.92. The Balaban J connectivity index is 2.08. The van der Waals surface area contributed by atoms with E-state index in [4.69, 9.17) is 11.6 Å². The molecule has 1 aromatic carbocycles. The molecule has 17 heavy (non-hydrogen) atoms. The predicted octanol–water partition coefficient (Wildman–Crippen LogP) is 3.18. The molecule has 94 valence electrons. The van der Waals surface area contributed by atoms with Crippen molar-refractivity contribution in [3.8, 4) is 0 Å². The fourth-order valence-corrected chi connectivity index (χ4v) is 2.60. The number of halogens is 1. The molecule has 1 aromatic rings. The zero-order chi connectivity index (χ0) is 12.4. The first-order valence-electron chi connectivity index (χ1n) is 6.33. The molecule has 2 rings (SSSR count). The van der Waals surface area contributed by atoms with Gasteiger partial charge in [-0.3, -0.25) is 4.90 Å². The van der Waals surface area contributed by atoms with Crippen LogP contribution in [0.3, 0.4) is 0 Å². The number of nitrogens with zero attached hydrogens (tertiary/aromatic N) is 2. The molecule has 1 aliphatic rings. The second-order valence-electron chi connectivity index (χ2n) is 5.02. The van der Waals surface area contributed by atoms with Gasteiger partial charge in [0.2, 0.25) is 0 Å². The lowest BCUT2D eigenvalue weighted by Gasteiger charge is -2.38. The minimum atomic E-state index is 0.644. The minimum Gasteiger partial charge on any atom is -0.368 e. The number of benzene rings is 1. The van der Waals surface area contributed by atoms with Crippen molar-refractivity contribution < 1.29 is 0 Å². The number of anilines is 1. The van der Waals surface area contributed by atoms with Gasteiger partial charge in [-0.1, -0.05) is 23.7 Å². The normalized spacial score (nSPS) is 17.8. The summed E-state index contributed by atoms with van der Waals surface area (Å²) in [5.41, 5.74) is 2.35. The molecule has 0 spiro atoms. The van der Waals surface area contributed by atoms with Gasteiger partial charge in [0.05, 0.1) is 10.7 Å². The molecule has 0 aliphatic carbocycles. The lowest BCUT2D eigenvalue weighted by molar-refractivity contribution is 0.209. The van der Waals surface area contributed by atoms with E-state index in [1.807, 2.05) is 0 Å². The molecule has 1 fully saturated rings. The number of hydrogen-bond acceptors (Lipinski definition) is 2. The third-order valence-electron chi connectivity index (χ3n) is 3.56. The average molecular weight is 253 g/mol. The van der Waals surface area contributed by atoms with Gasteiger partial charge in [-0.2, -0.15) is 0 Å². The van der Waals surface area contributed by atoms with Crippen LogP contribution >= 0.6 is 11.6 Å². The van der Waals surface area contributed by atoms with Crippen molar-refractivity contribution in [2.45, 2.75) is 26.8 Å². The van der Waals surface area contributed by atoms with Gasteiger partial charge in [-0.05, 0) is 32.4 Å². The van der Waals surface area contributed by atoms with Crippen LogP contribution in [0.1, 0.15) is 19.4 Å². The Hall–Kier alpha value is -0.730. The molecule has 1 saturated heterocycles. The molecule has 0 unspecified atom stereocenters. The van der Waals surface area contributed by atoms with Crippen LogP contribution in [0.15, 0.2) is 18.2 Å². The van der Waals surface area contributed by atoms with E-state index < -0.39 is 0 Å². The van der Waals surface area contributed by atoms with Crippen molar-refractivity contribution in [3.63, 3.8) is 0 Å². The Labute approximate surface area is 109 Å². The van der Waals surface area contributed by atoms with E-state index in [0.29, 0.717) is 6.04 Å². The minimum absolute atomic E-state index is 0.644. The molecule has 3 heteroatoms. The molecule has 1 aliphatic heterocycles. The first-order chi connectivity index (χ1) is 8.09. The number of rotatable bonds is 2. The SMILES string of the molecule is Cc1cccc(N2CCN(C(C)C)CC2)c1Cl. The Morgan fingerprint density at radius 1 is 1.12 bits per heavy atom. The molecular weight excluding hydrogens is 232 g/mol. The first-order valence-corrected chi connectivity index (χ1v) is 6.71. The Morgan fingerprint density at radius 2 is 1.76 bits per heavy atom. The predicted molar refractivity (Wildman–Crippen MR) is 75.1 cm³/mol. The summed E-state index contributed by atoms with van der Waals surface area (Å²) in [5, 5.41) is 0.908. The van der Waals surface area contributed by atoms with Crippen molar-refractivity contribution in [1.29, 1.82) is 0 Å². The molecule has 0 atom stereocenters. The number of piperazine rings is 1. The van der Waals surface area contributed by atoms with E-state index in [1.54, 1.807) is 0 Å². The number of aryl methyl sites for hydroxylation is 1. The van der Waals surface area contributed by atoms with E-state index in [1.165, 1.54) is 5.69 Å². The first kappa shape index (κ1) is 12.7. The van der Waals surface area contributed by atoms with Gasteiger partial charge in [0.1, 0.15) is 0 Å². The summed E-state index contributed by atoms with van der Waals surface area (Å²) < 4.78 is 0. The lowest BCUT2D eigenvalue weighted by Crippen LogP contribution is -2.49. The van der Waals surface area contributed by atoms with Crippen LogP contribution in [0.2, 0.25) is 5.02 Å². The van der Waals surface area contributed by atoms with E-state index in [2.05, 4.69) is 48.8 Å². The third-order valence-corrected chi connectivity index (χ3v) is 4.05. The molecule has 0 aromatic heterocycles. The summed E-state index contributed by atoms with van der Waals surface area (Å²) in [5.74, 6) is 0. The lowest BCUT2D eigenvalue weighted by atomic mass is 10.1. The van der Waals surface area contributed by atoms with E-state index in [9.17, 15) is 0 Å². The van der Waals surface area contributed by atoms with E-state index >= 15 is 0 Å². The summed E-state index contributed by atoms with van der Waals surface area (Å²) in [6.07, 6.45) is 0. The van der Waals surface area contributed by atoms with Crippen LogP contribution in [0.5, 0.6) is 0 Å². The third kappa shape index (κ3) is 2.75. The van der Waals surface area contributed by atoms with Crippen molar-refractivity contribution >= 4 is 17.3 Å². The van der Waals surface area contributed by atoms with Crippen molar-refractivity contribution in [2.75, 3.05) is 31.1 Å². The standard InChI is InChI=1S/C14H21ClN2/c1-11(2)16-7-9-17(10-8-16)13-6-4-5-12(3)14(13)15/h4-6,11H,7-10H2,1-3H3. The maximum atomic E-state index is 6.37. The van der Waals surface area contributed by atoms with Crippen LogP contribution in [0.4, 0.5) is 5.69 Å². The molecule has 0 N–H and O–H groups in total. The highest BCUT2D eigenvalue weighted by Crippen LogP contribution is 2.29. The zero-order valence-electron chi connectivity index (χ0n) is 10.9. The van der Waals surface area contributed by atoms with Gasteiger partial charge in [-0.25, -0.2) is 0 Å². The van der Waals surface area contributed by atoms with Gasteiger partial charge in [0, 0.05) is 32.2 Å². The highest BCUT2D eigenvalue weighted by atomic mass is 35.5. The van der Waals surface area contributed by atoms with Gasteiger partial charge in [0.15, 0.2) is 0 Å². The molecule has 0 bridgehead atoms. The quantitative estimate of drug-likeness (QED) is 0.798. The monoisotopic (exact) mass is 252 g/mol. The molecule has 0 radical (unpaired) electrons. The summed E-state index contributed by atoms with van der Waals surface area (Å²) >= 11 is 6.37. The fraction of sp³-hybridized carbons (Fsp3) is 0.571. The smallest absolute Gasteiger partial charge is 0.0668 e. The Kier molecular flexibility index (Phi) is 3.95. The van der Waals surface area contributed by atoms with Crippen molar-refractivity contribution in [1.82, 2.24) is 4.90 Å². The number of hydrogen-bond donors (Lipinski definition) is 0. The Morgan fingerprint density at radius 3 is 2.35 bits per heavy atom. The zero-order valence-corrected chi connectivity index (χ0v) is 11.7. The van der Waals surface area contributed by atoms with Crippen molar-refractivity contribution in [3.05, 3.63) is 28.8 Å². The maximum Gasteiger partial charge on any atom is 0.0668 e. The van der Waals surface area contributed by atoms with E-state index in [0.717, 1.165) is 36.8 Å². The highest BCUT2D eigenvalue weighted by molar-refractivity contribution is 6.34. The molecule has 0 saturated carbocycles. The molecule has 0 amide bonds. The summed E-state index contributed by atoms with van der Waals surface area (Å²) in [4.78, 5) is 4.91. The van der Waals surface area contributed by atoms with Crippen molar-refractivity contribution in [2.24, 2.45) is 0 Å². The molecule has 1 heterocycles. The second kappa shape index (κ2) is 5.28. The fourth-order valence-electron chi connectivity index (χ4n) is 2.36. The maximum absolute atomic E-state index is 6.37. The largest absolute Gasteiger partial charge is 0.368 e. The van der Waals surface area contributed by atoms with Crippen LogP contribution in [-0.4, -0.2) is 37.1 Å². The van der Waals surface area contributed by atoms with Crippen LogP contribution in [0.25, 0.3) is 0 Å². The van der Waals surface area contributed by atoms with Gasteiger partial charge < -0.3 is 4.90 Å². The second-order valence-corrected chi connectivity index (χ2v) is 5.40. The summed E-state index contributed by atoms with van der Waals surface area (Å²) in [6.45, 7) is 11.0. The molecular formula is C14H21ClN2. The summed E-state index contributed by atoms with van der Waals surface area (Å²) in [7, 11) is 0. The van der Waals surface area contributed by atoms with Gasteiger partial charge >= 0.3 is 0 Å². The molecule has 2 nitrogen and oxygen atoms in total. The Bertz CT molecular complexity index is 382. The van der Waals surface area contributed by atoms with Crippen LogP contribution < -0.4 is 4.90 Å².